The van der Waals surface area contributed by atoms with Crippen molar-refractivity contribution < 1.29 is 9.18 Å². The largest absolute Gasteiger partial charge is 0.294 e. The molecule has 0 fully saturated rings. The molecule has 0 aliphatic carbocycles. The smallest absolute Gasteiger partial charge is 0.171 e. The number of carbonyl (C=O) groups is 1. The minimum atomic E-state index is -0.664. The number of rotatable bonds is 3. The van der Waals surface area contributed by atoms with Gasteiger partial charge in [0, 0.05) is 15.8 Å². The fourth-order valence-corrected chi connectivity index (χ4v) is 2.58. The molecule has 0 spiro atoms. The Balaban J connectivity index is 2.29. The molecule has 2 rings (SSSR count). The van der Waals surface area contributed by atoms with Crippen LogP contribution in [0, 0.1) is 5.82 Å². The van der Waals surface area contributed by atoms with E-state index in [0.29, 0.717) is 4.47 Å². The molecule has 0 unspecified atom stereocenters. The van der Waals surface area contributed by atoms with Gasteiger partial charge in [-0.15, -0.1) is 11.3 Å². The second-order valence-corrected chi connectivity index (χ2v) is 5.67. The first kappa shape index (κ1) is 12.7. The summed E-state index contributed by atoms with van der Waals surface area (Å²) in [5.41, 5.74) is 0.0339. The molecular weight excluding hydrogens is 327 g/mol. The third kappa shape index (κ3) is 2.76. The van der Waals surface area contributed by atoms with Crippen molar-refractivity contribution in [3.8, 4) is 0 Å². The predicted octanol–water partition coefficient (Wildman–Crippen LogP) is 4.73. The topological polar surface area (TPSA) is 17.1 Å². The lowest BCUT2D eigenvalue weighted by Gasteiger charge is -2.04. The standard InChI is InChI=1S/C12H7BrClFOS/c13-9-4-3-8(12(15)11(9)14)10(16)6-7-2-1-5-17-7/h1-5H,6H2. The van der Waals surface area contributed by atoms with Gasteiger partial charge >= 0.3 is 0 Å². The Hall–Kier alpha value is -0.710. The van der Waals surface area contributed by atoms with Gasteiger partial charge in [-0.2, -0.15) is 0 Å². The maximum Gasteiger partial charge on any atom is 0.171 e. The highest BCUT2D eigenvalue weighted by Gasteiger charge is 2.16. The zero-order valence-electron chi connectivity index (χ0n) is 8.54. The Kier molecular flexibility index (Phi) is 3.97. The van der Waals surface area contributed by atoms with E-state index in [1.165, 1.54) is 17.4 Å². The van der Waals surface area contributed by atoms with E-state index in [4.69, 9.17) is 11.6 Å². The Morgan fingerprint density at radius 3 is 2.82 bits per heavy atom. The van der Waals surface area contributed by atoms with Gasteiger partial charge in [-0.1, -0.05) is 17.7 Å². The summed E-state index contributed by atoms with van der Waals surface area (Å²) in [5, 5.41) is 1.83. The van der Waals surface area contributed by atoms with Gasteiger partial charge in [0.15, 0.2) is 11.6 Å². The van der Waals surface area contributed by atoms with Crippen LogP contribution in [0.1, 0.15) is 15.2 Å². The van der Waals surface area contributed by atoms with Crippen molar-refractivity contribution in [2.45, 2.75) is 6.42 Å². The van der Waals surface area contributed by atoms with E-state index in [1.807, 2.05) is 17.5 Å². The molecule has 0 N–H and O–H groups in total. The van der Waals surface area contributed by atoms with Crippen LogP contribution >= 0.6 is 38.9 Å². The Morgan fingerprint density at radius 2 is 2.18 bits per heavy atom. The van der Waals surface area contributed by atoms with E-state index >= 15 is 0 Å². The van der Waals surface area contributed by atoms with Crippen molar-refractivity contribution >= 4 is 44.7 Å². The third-order valence-electron chi connectivity index (χ3n) is 2.25. The van der Waals surface area contributed by atoms with E-state index in [2.05, 4.69) is 15.9 Å². The lowest BCUT2D eigenvalue weighted by molar-refractivity contribution is 0.0990. The van der Waals surface area contributed by atoms with E-state index in [1.54, 1.807) is 6.07 Å². The zero-order chi connectivity index (χ0) is 12.4. The monoisotopic (exact) mass is 332 g/mol. The van der Waals surface area contributed by atoms with Crippen LogP contribution in [0.5, 0.6) is 0 Å². The molecule has 1 heterocycles. The van der Waals surface area contributed by atoms with Gasteiger partial charge in [0.25, 0.3) is 0 Å². The second kappa shape index (κ2) is 5.29. The number of hydrogen-bond acceptors (Lipinski definition) is 2. The van der Waals surface area contributed by atoms with Gasteiger partial charge < -0.3 is 0 Å². The molecule has 0 saturated heterocycles. The van der Waals surface area contributed by atoms with Gasteiger partial charge in [0.05, 0.1) is 10.6 Å². The summed E-state index contributed by atoms with van der Waals surface area (Å²) in [6.45, 7) is 0. The molecule has 0 bridgehead atoms. The zero-order valence-corrected chi connectivity index (χ0v) is 11.7. The van der Waals surface area contributed by atoms with Gasteiger partial charge in [0.2, 0.25) is 0 Å². The number of thiophene rings is 1. The summed E-state index contributed by atoms with van der Waals surface area (Å²) < 4.78 is 14.2. The normalized spacial score (nSPS) is 10.5. The van der Waals surface area contributed by atoms with Gasteiger partial charge in [0.1, 0.15) is 0 Å². The molecule has 17 heavy (non-hydrogen) atoms. The first-order chi connectivity index (χ1) is 8.09. The lowest BCUT2D eigenvalue weighted by atomic mass is 10.1. The van der Waals surface area contributed by atoms with Crippen LogP contribution < -0.4 is 0 Å². The lowest BCUT2D eigenvalue weighted by Crippen LogP contribution is -2.05. The molecular formula is C12H7BrClFOS. The van der Waals surface area contributed by atoms with Crippen LogP contribution in [0.25, 0.3) is 0 Å². The van der Waals surface area contributed by atoms with Crippen molar-refractivity contribution in [1.82, 2.24) is 0 Å². The molecule has 1 aromatic heterocycles. The molecule has 1 nitrogen and oxygen atoms in total. The van der Waals surface area contributed by atoms with Crippen LogP contribution in [0.2, 0.25) is 5.02 Å². The summed E-state index contributed by atoms with van der Waals surface area (Å²) in [5.74, 6) is -0.929. The molecule has 88 valence electrons. The minimum absolute atomic E-state index is 0.0339. The summed E-state index contributed by atoms with van der Waals surface area (Å²) in [7, 11) is 0. The highest BCUT2D eigenvalue weighted by molar-refractivity contribution is 9.10. The van der Waals surface area contributed by atoms with Crippen LogP contribution in [-0.4, -0.2) is 5.78 Å². The van der Waals surface area contributed by atoms with Crippen LogP contribution in [0.4, 0.5) is 4.39 Å². The summed E-state index contributed by atoms with van der Waals surface area (Å²) in [6, 6.07) is 6.73. The molecule has 0 amide bonds. The van der Waals surface area contributed by atoms with Gasteiger partial charge in [-0.3, -0.25) is 4.79 Å². The van der Waals surface area contributed by atoms with Gasteiger partial charge in [-0.25, -0.2) is 4.39 Å². The molecule has 0 atom stereocenters. The average Bonchev–Trinajstić information content (AvgIpc) is 2.78. The van der Waals surface area contributed by atoms with E-state index in [-0.39, 0.29) is 22.8 Å². The number of hydrogen-bond donors (Lipinski definition) is 0. The van der Waals surface area contributed by atoms with Crippen LogP contribution in [-0.2, 0) is 6.42 Å². The van der Waals surface area contributed by atoms with Gasteiger partial charge in [-0.05, 0) is 39.5 Å². The summed E-state index contributed by atoms with van der Waals surface area (Å²) in [4.78, 5) is 12.8. The van der Waals surface area contributed by atoms with Crippen LogP contribution in [0.3, 0.4) is 0 Å². The van der Waals surface area contributed by atoms with Crippen molar-refractivity contribution in [2.75, 3.05) is 0 Å². The molecule has 0 saturated carbocycles. The van der Waals surface area contributed by atoms with Crippen LogP contribution in [0.15, 0.2) is 34.1 Å². The third-order valence-corrected chi connectivity index (χ3v) is 4.39. The fourth-order valence-electron chi connectivity index (χ4n) is 1.41. The van der Waals surface area contributed by atoms with E-state index in [9.17, 15) is 9.18 Å². The van der Waals surface area contributed by atoms with Crippen molar-refractivity contribution in [2.24, 2.45) is 0 Å². The SMILES string of the molecule is O=C(Cc1cccs1)c1ccc(Br)c(Cl)c1F. The second-order valence-electron chi connectivity index (χ2n) is 3.40. The van der Waals surface area contributed by atoms with Crippen molar-refractivity contribution in [1.29, 1.82) is 0 Å². The fraction of sp³-hybridized carbons (Fsp3) is 0.0833. The number of benzene rings is 1. The minimum Gasteiger partial charge on any atom is -0.294 e. The average molecular weight is 334 g/mol. The van der Waals surface area contributed by atoms with E-state index in [0.717, 1.165) is 4.88 Å². The molecule has 5 heteroatoms. The molecule has 0 aliphatic heterocycles. The maximum absolute atomic E-state index is 13.8. The highest BCUT2D eigenvalue weighted by atomic mass is 79.9. The molecule has 1 aromatic carbocycles. The Morgan fingerprint density at radius 1 is 1.41 bits per heavy atom. The summed E-state index contributed by atoms with van der Waals surface area (Å²) >= 11 is 10.3. The molecule has 0 radical (unpaired) electrons. The molecule has 0 aliphatic rings. The number of Topliss-reactive ketones (excluding diaryl/α,β-unsaturated/α-hetero) is 1. The maximum atomic E-state index is 13.8. The first-order valence-corrected chi connectivity index (χ1v) is 6.83. The van der Waals surface area contributed by atoms with Crippen molar-refractivity contribution in [3.63, 3.8) is 0 Å². The van der Waals surface area contributed by atoms with Crippen molar-refractivity contribution in [3.05, 3.63) is 55.4 Å². The Labute approximate surface area is 115 Å². The molecule has 2 aromatic rings. The predicted molar refractivity (Wildman–Crippen MR) is 71.5 cm³/mol. The first-order valence-electron chi connectivity index (χ1n) is 4.78. The Bertz CT molecular complexity index is 554. The van der Waals surface area contributed by atoms with E-state index < -0.39 is 5.82 Å². The number of ketones is 1. The number of carbonyl (C=O) groups excluding carboxylic acids is 1. The number of halogens is 3. The summed E-state index contributed by atoms with van der Waals surface area (Å²) in [6.07, 6.45) is 0.201. The highest BCUT2D eigenvalue weighted by Crippen LogP contribution is 2.28. The quantitative estimate of drug-likeness (QED) is 0.586.